The van der Waals surface area contributed by atoms with E-state index in [2.05, 4.69) is 0 Å². The van der Waals surface area contributed by atoms with E-state index < -0.39 is 5.97 Å². The molecule has 0 bridgehead atoms. The zero-order valence-corrected chi connectivity index (χ0v) is 7.00. The van der Waals surface area contributed by atoms with Gasteiger partial charge in [0.15, 0.2) is 0 Å². The van der Waals surface area contributed by atoms with Gasteiger partial charge in [-0.3, -0.25) is 9.59 Å². The van der Waals surface area contributed by atoms with Crippen molar-refractivity contribution in [1.82, 2.24) is 0 Å². The minimum Gasteiger partial charge on any atom is -0.481 e. The summed E-state index contributed by atoms with van der Waals surface area (Å²) in [7, 11) is 0. The minimum atomic E-state index is -0.980. The first kappa shape index (κ1) is 10.8. The normalized spacial score (nSPS) is 9.42. The molecule has 0 aromatic heterocycles. The highest BCUT2D eigenvalue weighted by molar-refractivity contribution is 5.86. The van der Waals surface area contributed by atoms with Crippen LogP contribution >= 0.6 is 0 Å². The van der Waals surface area contributed by atoms with E-state index in [0.717, 1.165) is 0 Å². The molecule has 0 aromatic rings. The first-order valence-electron chi connectivity index (χ1n) is 3.75. The zero-order valence-electron chi connectivity index (χ0n) is 7.00. The zero-order chi connectivity index (χ0) is 9.56. The fraction of sp³-hybridized carbons (Fsp3) is 0.625. The lowest BCUT2D eigenvalue weighted by atomic mass is 10.1. The van der Waals surface area contributed by atoms with Crippen LogP contribution in [0.2, 0.25) is 0 Å². The number of hydrogen-bond acceptors (Lipinski definition) is 3. The van der Waals surface area contributed by atoms with Crippen LogP contribution in [0.1, 0.15) is 32.6 Å². The average Bonchev–Trinajstić information content (AvgIpc) is 1.96. The van der Waals surface area contributed by atoms with E-state index in [1.54, 1.807) is 0 Å². The Bertz CT molecular complexity index is 175. The highest BCUT2D eigenvalue weighted by Gasteiger charge is 2.06. The van der Waals surface area contributed by atoms with Crippen molar-refractivity contribution in [3.8, 4) is 0 Å². The number of carbonyl (C=O) groups excluding carboxylic acids is 2. The molecule has 12 heavy (non-hydrogen) atoms. The Labute approximate surface area is 70.6 Å². The Balaban J connectivity index is 3.47. The number of carbonyl (C=O) groups is 3. The highest BCUT2D eigenvalue weighted by Crippen LogP contribution is 1.99. The minimum absolute atomic E-state index is 0.0304. The molecule has 0 aliphatic carbocycles. The summed E-state index contributed by atoms with van der Waals surface area (Å²) < 4.78 is 0. The second kappa shape index (κ2) is 5.46. The molecule has 0 aliphatic rings. The molecule has 0 radical (unpaired) electrons. The highest BCUT2D eigenvalue weighted by atomic mass is 16.4. The summed E-state index contributed by atoms with van der Waals surface area (Å²) in [5, 5.41) is 8.22. The Kier molecular flexibility index (Phi) is 4.92. The predicted molar refractivity (Wildman–Crippen MR) is 41.8 cm³/mol. The average molecular weight is 172 g/mol. The molecule has 0 fully saturated rings. The molecule has 0 aromatic carbocycles. The van der Waals surface area contributed by atoms with E-state index in [4.69, 9.17) is 5.11 Å². The molecule has 0 spiro atoms. The van der Waals surface area contributed by atoms with Gasteiger partial charge in [0.1, 0.15) is 11.6 Å². The van der Waals surface area contributed by atoms with Gasteiger partial charge in [0.25, 0.3) is 0 Å². The third kappa shape index (κ3) is 6.92. The molecule has 0 unspecified atom stereocenters. The number of carboxylic acids is 1. The Hall–Kier alpha value is -1.19. The lowest BCUT2D eigenvalue weighted by Gasteiger charge is -1.95. The summed E-state index contributed by atoms with van der Waals surface area (Å²) in [4.78, 5) is 31.3. The molecule has 0 amide bonds. The van der Waals surface area contributed by atoms with Crippen LogP contribution in [0.25, 0.3) is 0 Å². The summed E-state index contributed by atoms with van der Waals surface area (Å²) in [6.45, 7) is 1.41. The van der Waals surface area contributed by atoms with Gasteiger partial charge < -0.3 is 9.90 Å². The first-order chi connectivity index (χ1) is 5.52. The number of Topliss-reactive ketones (excluding diaryl/α,β-unsaturated/α-hetero) is 2. The van der Waals surface area contributed by atoms with E-state index in [1.165, 1.54) is 6.92 Å². The number of ketones is 2. The van der Waals surface area contributed by atoms with Crippen molar-refractivity contribution >= 4 is 17.5 Å². The van der Waals surface area contributed by atoms with E-state index >= 15 is 0 Å². The van der Waals surface area contributed by atoms with Gasteiger partial charge >= 0.3 is 5.97 Å². The van der Waals surface area contributed by atoms with Gasteiger partial charge in [0, 0.05) is 19.3 Å². The molecule has 0 saturated carbocycles. The monoisotopic (exact) mass is 172 g/mol. The molecule has 0 aliphatic heterocycles. The summed E-state index contributed by atoms with van der Waals surface area (Å²) in [5.41, 5.74) is 0. The number of hydrogen-bond donors (Lipinski definition) is 1. The largest absolute Gasteiger partial charge is 0.481 e. The van der Waals surface area contributed by atoms with Gasteiger partial charge in [-0.05, 0) is 6.92 Å². The van der Waals surface area contributed by atoms with Gasteiger partial charge in [-0.25, -0.2) is 0 Å². The van der Waals surface area contributed by atoms with Gasteiger partial charge in [-0.2, -0.15) is 0 Å². The van der Waals surface area contributed by atoms with Crippen molar-refractivity contribution in [1.29, 1.82) is 0 Å². The van der Waals surface area contributed by atoms with E-state index in [9.17, 15) is 14.4 Å². The van der Waals surface area contributed by atoms with Gasteiger partial charge in [0.05, 0.1) is 6.42 Å². The number of aliphatic carboxylic acids is 1. The lowest BCUT2D eigenvalue weighted by Crippen LogP contribution is -2.04. The third-order valence-electron chi connectivity index (χ3n) is 1.37. The maximum Gasteiger partial charge on any atom is 0.303 e. The van der Waals surface area contributed by atoms with Crippen molar-refractivity contribution in [2.24, 2.45) is 0 Å². The number of carboxylic acid groups (broad SMARTS) is 1. The van der Waals surface area contributed by atoms with Crippen molar-refractivity contribution in [2.75, 3.05) is 0 Å². The standard InChI is InChI=1S/C8H12O4/c1-6(9)2-3-7(10)4-5-8(11)12/h2-5H2,1H3,(H,11,12). The molecule has 0 atom stereocenters. The van der Waals surface area contributed by atoms with E-state index in [1.807, 2.05) is 0 Å². The maximum atomic E-state index is 10.8. The van der Waals surface area contributed by atoms with Gasteiger partial charge in [-0.1, -0.05) is 0 Å². The van der Waals surface area contributed by atoms with Crippen molar-refractivity contribution < 1.29 is 19.5 Å². The molecule has 4 heteroatoms. The van der Waals surface area contributed by atoms with Crippen LogP contribution in [0.3, 0.4) is 0 Å². The fourth-order valence-corrected chi connectivity index (χ4v) is 0.687. The topological polar surface area (TPSA) is 71.4 Å². The van der Waals surface area contributed by atoms with Crippen LogP contribution in [-0.4, -0.2) is 22.6 Å². The molecule has 4 nitrogen and oxygen atoms in total. The summed E-state index contributed by atoms with van der Waals surface area (Å²) in [6.07, 6.45) is 0.278. The Morgan fingerprint density at radius 1 is 1.00 bits per heavy atom. The molecular formula is C8H12O4. The predicted octanol–water partition coefficient (Wildman–Crippen LogP) is 0.789. The third-order valence-corrected chi connectivity index (χ3v) is 1.37. The second-order valence-corrected chi connectivity index (χ2v) is 2.63. The van der Waals surface area contributed by atoms with E-state index in [0.29, 0.717) is 0 Å². The lowest BCUT2D eigenvalue weighted by molar-refractivity contribution is -0.138. The maximum absolute atomic E-state index is 10.8. The summed E-state index contributed by atoms with van der Waals surface area (Å²) >= 11 is 0. The van der Waals surface area contributed by atoms with Crippen LogP contribution in [0.15, 0.2) is 0 Å². The Morgan fingerprint density at radius 2 is 1.50 bits per heavy atom. The van der Waals surface area contributed by atoms with Crippen LogP contribution in [-0.2, 0) is 14.4 Å². The fourth-order valence-electron chi connectivity index (χ4n) is 0.687. The Morgan fingerprint density at radius 3 is 1.92 bits per heavy atom. The van der Waals surface area contributed by atoms with Crippen molar-refractivity contribution in [3.05, 3.63) is 0 Å². The second-order valence-electron chi connectivity index (χ2n) is 2.63. The SMILES string of the molecule is CC(=O)CCC(=O)CCC(=O)O. The summed E-state index contributed by atoms with van der Waals surface area (Å²) in [6, 6.07) is 0. The molecular weight excluding hydrogens is 160 g/mol. The van der Waals surface area contributed by atoms with Crippen molar-refractivity contribution in [3.63, 3.8) is 0 Å². The van der Waals surface area contributed by atoms with Crippen molar-refractivity contribution in [2.45, 2.75) is 32.6 Å². The number of rotatable bonds is 6. The molecule has 0 heterocycles. The molecule has 0 saturated heterocycles. The summed E-state index contributed by atoms with van der Waals surface area (Å²) in [5.74, 6) is -1.18. The van der Waals surface area contributed by atoms with Crippen LogP contribution < -0.4 is 0 Å². The first-order valence-corrected chi connectivity index (χ1v) is 3.75. The quantitative estimate of drug-likeness (QED) is 0.642. The van der Waals surface area contributed by atoms with Crippen LogP contribution in [0.5, 0.6) is 0 Å². The van der Waals surface area contributed by atoms with Gasteiger partial charge in [0.2, 0.25) is 0 Å². The van der Waals surface area contributed by atoms with Crippen LogP contribution in [0.4, 0.5) is 0 Å². The molecule has 68 valence electrons. The van der Waals surface area contributed by atoms with Gasteiger partial charge in [-0.15, -0.1) is 0 Å². The van der Waals surface area contributed by atoms with E-state index in [-0.39, 0.29) is 37.2 Å². The smallest absolute Gasteiger partial charge is 0.303 e. The molecule has 1 N–H and O–H groups in total. The van der Waals surface area contributed by atoms with Crippen LogP contribution in [0, 0.1) is 0 Å². The molecule has 0 rings (SSSR count).